The van der Waals surface area contributed by atoms with Crippen LogP contribution in [0.15, 0.2) is 124 Å². The number of guanidine groups is 2. The number of carbonyl (C=O) groups excluding carboxylic acids is 5. The van der Waals surface area contributed by atoms with Crippen LogP contribution in [-0.2, 0) is 55.8 Å². The fraction of sp³-hybridized carbons (Fsp3) is 0.424. The van der Waals surface area contributed by atoms with E-state index in [9.17, 15) is 65.1 Å². The Morgan fingerprint density at radius 2 is 1.29 bits per heavy atom. The van der Waals surface area contributed by atoms with Crippen LogP contribution in [0.2, 0.25) is 0 Å². The van der Waals surface area contributed by atoms with E-state index in [0.29, 0.717) is 17.1 Å². The van der Waals surface area contributed by atoms with Gasteiger partial charge in [0.1, 0.15) is 96.8 Å². The molecule has 0 bridgehead atoms. The zero-order chi connectivity index (χ0) is 66.3. The van der Waals surface area contributed by atoms with E-state index < -0.39 is 177 Å². The van der Waals surface area contributed by atoms with Gasteiger partial charge in [0.2, 0.25) is 41.8 Å². The SMILES string of the molecule is Cc1ccccc1C[C@H](NC(=O)CN)C(=O)N[C@@H](Cc1ccc(OC2OC(COc3ccccc3)C(O)C(Oc3ccccc3)C2O)cc1)C(=O)N[C@H](C(=O)N[C@H](C(=O)N[C@@H](CO)C(=O)O)C(OC1OC(O)C(O)C(O)C1O)C1=NC(=N)N=C1)C(O)C1CN=C(N)N1. The first-order valence-electron chi connectivity index (χ1n) is 28.8. The molecule has 2 saturated heterocycles. The van der Waals surface area contributed by atoms with Crippen molar-refractivity contribution in [2.24, 2.45) is 26.4 Å². The molecule has 2 fully saturated rings. The summed E-state index contributed by atoms with van der Waals surface area (Å²) in [5.74, 6) is -7.83. The van der Waals surface area contributed by atoms with Crippen LogP contribution in [0.3, 0.4) is 0 Å². The molecule has 13 unspecified atom stereocenters. The highest BCUT2D eigenvalue weighted by atomic mass is 16.8. The number of para-hydroxylation sites is 2. The van der Waals surface area contributed by atoms with Crippen molar-refractivity contribution < 1.29 is 103 Å². The van der Waals surface area contributed by atoms with Gasteiger partial charge in [0.25, 0.3) is 0 Å². The van der Waals surface area contributed by atoms with Crippen molar-refractivity contribution in [3.05, 3.63) is 126 Å². The zero-order valence-electron chi connectivity index (χ0n) is 49.0. The third-order valence-electron chi connectivity index (χ3n) is 15.1. The molecule has 494 valence electrons. The van der Waals surface area contributed by atoms with Crippen molar-refractivity contribution in [3.8, 4) is 17.2 Å². The minimum Gasteiger partial charge on any atom is -0.491 e. The molecule has 0 spiro atoms. The summed E-state index contributed by atoms with van der Waals surface area (Å²) < 4.78 is 35.3. The molecule has 4 aromatic rings. The summed E-state index contributed by atoms with van der Waals surface area (Å²) in [7, 11) is 0. The van der Waals surface area contributed by atoms with E-state index in [-0.39, 0.29) is 36.8 Å². The van der Waals surface area contributed by atoms with Crippen LogP contribution in [0, 0.1) is 12.3 Å². The number of amides is 5. The van der Waals surface area contributed by atoms with E-state index in [1.54, 1.807) is 91.9 Å². The molecule has 92 heavy (non-hydrogen) atoms. The monoisotopic (exact) mass is 1280 g/mol. The van der Waals surface area contributed by atoms with E-state index in [4.69, 9.17) is 45.3 Å². The molecule has 0 saturated carbocycles. The quantitative estimate of drug-likeness (QED) is 0.0241. The van der Waals surface area contributed by atoms with Gasteiger partial charge in [0.05, 0.1) is 37.7 Å². The Kier molecular flexibility index (Phi) is 23.8. The molecule has 20 N–H and O–H groups in total. The number of nitrogens with zero attached hydrogens (tertiary/aromatic N) is 3. The number of hydrogen-bond donors (Lipinski definition) is 18. The van der Waals surface area contributed by atoms with Crippen molar-refractivity contribution in [1.82, 2.24) is 31.9 Å². The summed E-state index contributed by atoms with van der Waals surface area (Å²) in [5, 5.41) is 120. The van der Waals surface area contributed by atoms with Gasteiger partial charge in [-0.3, -0.25) is 34.4 Å². The lowest BCUT2D eigenvalue weighted by Crippen LogP contribution is -2.67. The maximum Gasteiger partial charge on any atom is 0.328 e. The molecule has 5 amide bonds. The van der Waals surface area contributed by atoms with Crippen LogP contribution >= 0.6 is 0 Å². The number of carboxylic acids is 1. The molecule has 4 heterocycles. The zero-order valence-corrected chi connectivity index (χ0v) is 49.0. The Balaban J connectivity index is 1.12. The summed E-state index contributed by atoms with van der Waals surface area (Å²) in [5.41, 5.74) is 12.7. The predicted octanol–water partition coefficient (Wildman–Crippen LogP) is -6.16. The number of nitrogens with two attached hydrogens (primary N) is 2. The maximum absolute atomic E-state index is 15.2. The van der Waals surface area contributed by atoms with Gasteiger partial charge in [-0.05, 0) is 60.0 Å². The molecule has 0 aromatic heterocycles. The fourth-order valence-corrected chi connectivity index (χ4v) is 9.99. The van der Waals surface area contributed by atoms with Crippen molar-refractivity contribution in [2.75, 3.05) is 26.3 Å². The van der Waals surface area contributed by atoms with Crippen molar-refractivity contribution in [2.45, 2.75) is 130 Å². The lowest BCUT2D eigenvalue weighted by atomic mass is 9.98. The van der Waals surface area contributed by atoms with Gasteiger partial charge < -0.3 is 118 Å². The third kappa shape index (κ3) is 17.7. The van der Waals surface area contributed by atoms with Crippen molar-refractivity contribution in [1.29, 1.82) is 5.41 Å². The number of aliphatic imine (C=N–C) groups is 3. The van der Waals surface area contributed by atoms with E-state index in [2.05, 4.69) is 41.6 Å². The molecule has 4 aliphatic rings. The van der Waals surface area contributed by atoms with Gasteiger partial charge in [0, 0.05) is 12.8 Å². The molecule has 4 aliphatic heterocycles. The number of aliphatic hydroxyl groups excluding tert-OH is 8. The van der Waals surface area contributed by atoms with Crippen LogP contribution in [0.1, 0.15) is 16.7 Å². The first-order valence-corrected chi connectivity index (χ1v) is 28.8. The average molecular weight is 1290 g/mol. The van der Waals surface area contributed by atoms with Gasteiger partial charge in [0.15, 0.2) is 30.7 Å². The molecular weight excluding hydrogens is 1210 g/mol. The second-order valence-electron chi connectivity index (χ2n) is 21.6. The highest BCUT2D eigenvalue weighted by molar-refractivity contribution is 6.40. The van der Waals surface area contributed by atoms with Gasteiger partial charge in [-0.1, -0.05) is 72.8 Å². The highest BCUT2D eigenvalue weighted by Gasteiger charge is 2.50. The van der Waals surface area contributed by atoms with Crippen LogP contribution in [0.5, 0.6) is 17.2 Å². The summed E-state index contributed by atoms with van der Waals surface area (Å²) in [6, 6.07) is 18.5. The van der Waals surface area contributed by atoms with E-state index in [0.717, 1.165) is 11.8 Å². The third-order valence-corrected chi connectivity index (χ3v) is 15.1. The largest absolute Gasteiger partial charge is 0.491 e. The van der Waals surface area contributed by atoms with Gasteiger partial charge in [-0.2, -0.15) is 0 Å². The molecule has 4 aromatic carbocycles. The van der Waals surface area contributed by atoms with Gasteiger partial charge in [-0.15, -0.1) is 0 Å². The highest BCUT2D eigenvalue weighted by Crippen LogP contribution is 2.30. The first kappa shape index (κ1) is 68.8. The maximum atomic E-state index is 15.2. The van der Waals surface area contributed by atoms with Gasteiger partial charge in [-0.25, -0.2) is 14.8 Å². The first-order chi connectivity index (χ1) is 44.0. The number of rotatable bonds is 29. The van der Waals surface area contributed by atoms with Crippen molar-refractivity contribution in [3.63, 3.8) is 0 Å². The molecule has 33 heteroatoms. The Bertz CT molecular complexity index is 3320. The lowest BCUT2D eigenvalue weighted by molar-refractivity contribution is -0.344. The predicted molar refractivity (Wildman–Crippen MR) is 319 cm³/mol. The molecule has 18 atom stereocenters. The summed E-state index contributed by atoms with van der Waals surface area (Å²) in [4.78, 5) is 96.1. The Hall–Kier alpha value is -9.10. The topological polar surface area (TPSA) is 525 Å². The van der Waals surface area contributed by atoms with E-state index in [1.807, 2.05) is 5.32 Å². The lowest BCUT2D eigenvalue weighted by Gasteiger charge is -2.42. The Labute approximate surface area is 524 Å². The summed E-state index contributed by atoms with van der Waals surface area (Å²) >= 11 is 0. The second kappa shape index (κ2) is 31.8. The standard InChI is InChI=1S/C59H72N12O21/c1-27-10-8-9-11-29(27)21-34(65-39(73)22-60)50(80)66-33(20-28-16-18-32(19-17-28)89-57-47(79)49(88-31-14-6-3-7-15-31)43(75)38(90-57)26-87-30-12-4-2-5-13-30)51(81)70-40(42(74)35-23-63-58(61)68-35)52(82)71-41(53(83)67-37(25-72)54(84)85)48(36-24-64-59(62)69-36)91-56-46(78)44(76)45(77)55(86)92-56/h2-19,24,33-35,37-38,40-49,55-57,62,72,74-79,86H,20-23,25-26,60H2,1H3,(H,65,73)(H,66,80)(H,67,83)(H,70,81)(H,71,82)(H,84,85)(H3,61,63,68)/t33-,34-,35?,37-,38?,40-,41-,42?,43?,44?,45?,46?,47?,48?,49?,55?,56?,57?/m0/s1. The number of aliphatic hydroxyl groups is 8. The summed E-state index contributed by atoms with van der Waals surface area (Å²) in [6.45, 7) is -0.556. The van der Waals surface area contributed by atoms with Crippen LogP contribution in [-0.4, -0.2) is 242 Å². The number of benzene rings is 4. The van der Waals surface area contributed by atoms with E-state index in [1.165, 1.54) is 24.3 Å². The minimum atomic E-state index is -2.39. The second-order valence-corrected chi connectivity index (χ2v) is 21.6. The molecule has 0 radical (unpaired) electrons. The van der Waals surface area contributed by atoms with Crippen LogP contribution in [0.25, 0.3) is 0 Å². The molecular formula is C59H72N12O21. The molecule has 33 nitrogen and oxygen atoms in total. The smallest absolute Gasteiger partial charge is 0.328 e. The number of carbonyl (C=O) groups is 6. The van der Waals surface area contributed by atoms with Gasteiger partial charge >= 0.3 is 5.97 Å². The normalized spacial score (nSPS) is 25.8. The Morgan fingerprint density at radius 3 is 1.91 bits per heavy atom. The minimum absolute atomic E-state index is 0.0735. The van der Waals surface area contributed by atoms with Crippen LogP contribution < -0.4 is 57.6 Å². The van der Waals surface area contributed by atoms with Crippen molar-refractivity contribution >= 4 is 59.4 Å². The van der Waals surface area contributed by atoms with E-state index >= 15 is 9.59 Å². The summed E-state index contributed by atoms with van der Waals surface area (Å²) in [6.07, 6.45) is -22.0. The van der Waals surface area contributed by atoms with Crippen LogP contribution in [0.4, 0.5) is 0 Å². The Morgan fingerprint density at radius 1 is 0.685 bits per heavy atom. The average Bonchev–Trinajstić information content (AvgIpc) is 1.49. The number of aryl methyl sites for hydroxylation is 1. The fourth-order valence-electron chi connectivity index (χ4n) is 9.99. The number of hydrogen-bond acceptors (Lipinski definition) is 25. The number of aliphatic carboxylic acids is 1. The molecule has 8 rings (SSSR count). The molecule has 0 aliphatic carbocycles. The number of ether oxygens (including phenoxy) is 6. The number of nitrogens with one attached hydrogen (secondary N) is 7. The number of carboxylic acid groups (broad SMARTS) is 1.